The number of aromatic nitrogens is 3. The predicted octanol–water partition coefficient (Wildman–Crippen LogP) is 4.08. The average molecular weight is 441 g/mol. The van der Waals surface area contributed by atoms with Crippen LogP contribution in [0.4, 0.5) is 11.5 Å². The standard InChI is InChI=1S/C26H28N6O/c1-31-14-12-21(13-15-31)28-24-10-11-25-27-18-23(32(25)30-24)20-8-5-9-22(17-20)29-26(33)16-19-6-3-2-4-7-19/h2-11,17-18,21H,12-16H2,1H3,(H,28,30)(H,29,33). The first-order chi connectivity index (χ1) is 16.1. The Balaban J connectivity index is 1.34. The maximum absolute atomic E-state index is 12.5. The van der Waals surface area contributed by atoms with Gasteiger partial charge in [-0.1, -0.05) is 42.5 Å². The van der Waals surface area contributed by atoms with Crippen LogP contribution in [0.2, 0.25) is 0 Å². The van der Waals surface area contributed by atoms with E-state index in [0.717, 1.165) is 59.9 Å². The summed E-state index contributed by atoms with van der Waals surface area (Å²) in [5.74, 6) is 0.808. The number of hydrogen-bond donors (Lipinski definition) is 2. The van der Waals surface area contributed by atoms with Crippen molar-refractivity contribution in [3.63, 3.8) is 0 Å². The van der Waals surface area contributed by atoms with Gasteiger partial charge in [0.25, 0.3) is 0 Å². The number of nitrogens with one attached hydrogen (secondary N) is 2. The first kappa shape index (κ1) is 21.2. The third kappa shape index (κ3) is 5.04. The highest BCUT2D eigenvalue weighted by molar-refractivity contribution is 5.92. The number of benzene rings is 2. The third-order valence-electron chi connectivity index (χ3n) is 6.08. The van der Waals surface area contributed by atoms with E-state index in [1.807, 2.05) is 77.4 Å². The van der Waals surface area contributed by atoms with Gasteiger partial charge >= 0.3 is 0 Å². The van der Waals surface area contributed by atoms with Crippen LogP contribution in [-0.2, 0) is 11.2 Å². The highest BCUT2D eigenvalue weighted by Crippen LogP contribution is 2.24. The molecule has 1 aliphatic heterocycles. The van der Waals surface area contributed by atoms with E-state index >= 15 is 0 Å². The number of imidazole rings is 1. The summed E-state index contributed by atoms with van der Waals surface area (Å²) in [6, 6.07) is 22.0. The molecule has 4 aromatic rings. The first-order valence-corrected chi connectivity index (χ1v) is 11.4. The lowest BCUT2D eigenvalue weighted by Crippen LogP contribution is -2.36. The zero-order valence-electron chi connectivity index (χ0n) is 18.7. The lowest BCUT2D eigenvalue weighted by molar-refractivity contribution is -0.115. The fourth-order valence-corrected chi connectivity index (χ4v) is 4.25. The molecule has 0 unspecified atom stereocenters. The Morgan fingerprint density at radius 2 is 1.85 bits per heavy atom. The van der Waals surface area contributed by atoms with Crippen LogP contribution in [-0.4, -0.2) is 51.6 Å². The van der Waals surface area contributed by atoms with Gasteiger partial charge in [-0.05, 0) is 62.8 Å². The SMILES string of the molecule is CN1CCC(Nc2ccc3ncc(-c4cccc(NC(=O)Cc5ccccc5)c4)n3n2)CC1. The molecule has 1 aliphatic rings. The van der Waals surface area contributed by atoms with Gasteiger partial charge in [-0.25, -0.2) is 9.50 Å². The van der Waals surface area contributed by atoms with Crippen molar-refractivity contribution in [2.75, 3.05) is 30.8 Å². The largest absolute Gasteiger partial charge is 0.366 e. The Kier molecular flexibility index (Phi) is 6.04. The van der Waals surface area contributed by atoms with Gasteiger partial charge in [0, 0.05) is 17.3 Å². The van der Waals surface area contributed by atoms with Crippen molar-refractivity contribution in [1.82, 2.24) is 19.5 Å². The van der Waals surface area contributed by atoms with Crippen LogP contribution in [0.5, 0.6) is 0 Å². The molecule has 7 heteroatoms. The van der Waals surface area contributed by atoms with Gasteiger partial charge < -0.3 is 15.5 Å². The van der Waals surface area contributed by atoms with E-state index in [4.69, 9.17) is 5.10 Å². The van der Waals surface area contributed by atoms with Crippen LogP contribution in [0.1, 0.15) is 18.4 Å². The fraction of sp³-hybridized carbons (Fsp3) is 0.269. The zero-order chi connectivity index (χ0) is 22.6. The van der Waals surface area contributed by atoms with E-state index in [0.29, 0.717) is 12.5 Å². The highest BCUT2D eigenvalue weighted by Gasteiger charge is 2.17. The normalized spacial score (nSPS) is 14.9. The lowest BCUT2D eigenvalue weighted by Gasteiger charge is -2.29. The fourth-order valence-electron chi connectivity index (χ4n) is 4.25. The molecule has 2 N–H and O–H groups in total. The summed E-state index contributed by atoms with van der Waals surface area (Å²) in [5, 5.41) is 11.4. The molecule has 0 spiro atoms. The molecule has 0 aliphatic carbocycles. The molecule has 1 saturated heterocycles. The quantitative estimate of drug-likeness (QED) is 0.473. The van der Waals surface area contributed by atoms with Crippen LogP contribution in [0.3, 0.4) is 0 Å². The lowest BCUT2D eigenvalue weighted by atomic mass is 10.1. The number of fused-ring (bicyclic) bond motifs is 1. The summed E-state index contributed by atoms with van der Waals surface area (Å²) in [5.41, 5.74) is 4.36. The number of piperidine rings is 1. The van der Waals surface area contributed by atoms with Gasteiger partial charge in [0.2, 0.25) is 5.91 Å². The Bertz CT molecular complexity index is 1240. The zero-order valence-corrected chi connectivity index (χ0v) is 18.7. The van der Waals surface area contributed by atoms with E-state index < -0.39 is 0 Å². The number of carbonyl (C=O) groups is 1. The van der Waals surface area contributed by atoms with Gasteiger partial charge in [0.1, 0.15) is 5.82 Å². The maximum atomic E-state index is 12.5. The molecule has 0 atom stereocenters. The Hall–Kier alpha value is -3.71. The van der Waals surface area contributed by atoms with Crippen LogP contribution in [0.15, 0.2) is 72.9 Å². The Morgan fingerprint density at radius 1 is 1.03 bits per heavy atom. The average Bonchev–Trinajstić information content (AvgIpc) is 3.25. The minimum Gasteiger partial charge on any atom is -0.366 e. The molecular weight excluding hydrogens is 412 g/mol. The third-order valence-corrected chi connectivity index (χ3v) is 6.08. The van der Waals surface area contributed by atoms with Crippen molar-refractivity contribution in [2.24, 2.45) is 0 Å². The second kappa shape index (κ2) is 9.42. The van der Waals surface area contributed by atoms with Crippen molar-refractivity contribution in [3.8, 4) is 11.3 Å². The molecule has 0 radical (unpaired) electrons. The molecule has 3 heterocycles. The van der Waals surface area contributed by atoms with E-state index in [1.54, 1.807) is 0 Å². The summed E-state index contributed by atoms with van der Waals surface area (Å²) in [7, 11) is 2.16. The predicted molar refractivity (Wildman–Crippen MR) is 131 cm³/mol. The van der Waals surface area contributed by atoms with E-state index in [9.17, 15) is 4.79 Å². The molecule has 7 nitrogen and oxygen atoms in total. The molecule has 0 saturated carbocycles. The topological polar surface area (TPSA) is 74.6 Å². The van der Waals surface area contributed by atoms with Crippen LogP contribution < -0.4 is 10.6 Å². The van der Waals surface area contributed by atoms with Gasteiger partial charge in [-0.3, -0.25) is 4.79 Å². The van der Waals surface area contributed by atoms with Crippen molar-refractivity contribution in [1.29, 1.82) is 0 Å². The highest BCUT2D eigenvalue weighted by atomic mass is 16.1. The number of rotatable bonds is 6. The molecule has 5 rings (SSSR count). The Morgan fingerprint density at radius 3 is 2.67 bits per heavy atom. The number of carbonyl (C=O) groups excluding carboxylic acids is 1. The van der Waals surface area contributed by atoms with E-state index in [1.165, 1.54) is 0 Å². The molecular formula is C26H28N6O. The molecule has 33 heavy (non-hydrogen) atoms. The van der Waals surface area contributed by atoms with Gasteiger partial charge in [-0.15, -0.1) is 5.10 Å². The minimum absolute atomic E-state index is 0.0424. The number of likely N-dealkylation sites (tertiary alicyclic amines) is 1. The summed E-state index contributed by atoms with van der Waals surface area (Å²) in [6.45, 7) is 2.19. The van der Waals surface area contributed by atoms with Crippen LogP contribution >= 0.6 is 0 Å². The molecule has 1 amide bonds. The number of hydrogen-bond acceptors (Lipinski definition) is 5. The van der Waals surface area contributed by atoms with Gasteiger partial charge in [-0.2, -0.15) is 0 Å². The van der Waals surface area contributed by atoms with Crippen molar-refractivity contribution in [2.45, 2.75) is 25.3 Å². The summed E-state index contributed by atoms with van der Waals surface area (Å²) in [4.78, 5) is 19.4. The number of nitrogens with zero attached hydrogens (tertiary/aromatic N) is 4. The summed E-state index contributed by atoms with van der Waals surface area (Å²) >= 11 is 0. The smallest absolute Gasteiger partial charge is 0.228 e. The molecule has 2 aromatic carbocycles. The summed E-state index contributed by atoms with van der Waals surface area (Å²) < 4.78 is 1.86. The number of anilines is 2. The van der Waals surface area contributed by atoms with Crippen LogP contribution in [0.25, 0.3) is 16.9 Å². The second-order valence-corrected chi connectivity index (χ2v) is 8.65. The van der Waals surface area contributed by atoms with Crippen molar-refractivity contribution in [3.05, 3.63) is 78.5 Å². The summed E-state index contributed by atoms with van der Waals surface area (Å²) in [6.07, 6.45) is 4.39. The first-order valence-electron chi connectivity index (χ1n) is 11.4. The van der Waals surface area contributed by atoms with Gasteiger partial charge in [0.05, 0.1) is 18.3 Å². The molecule has 0 bridgehead atoms. The second-order valence-electron chi connectivity index (χ2n) is 8.65. The van der Waals surface area contributed by atoms with Crippen molar-refractivity contribution < 1.29 is 4.79 Å². The van der Waals surface area contributed by atoms with Gasteiger partial charge in [0.15, 0.2) is 5.65 Å². The van der Waals surface area contributed by atoms with Crippen molar-refractivity contribution >= 4 is 23.1 Å². The number of amides is 1. The molecule has 2 aromatic heterocycles. The Labute approximate surface area is 193 Å². The van der Waals surface area contributed by atoms with Crippen LogP contribution in [0, 0.1) is 0 Å². The molecule has 168 valence electrons. The van der Waals surface area contributed by atoms with E-state index in [-0.39, 0.29) is 5.91 Å². The molecule has 1 fully saturated rings. The monoisotopic (exact) mass is 440 g/mol. The minimum atomic E-state index is -0.0424. The maximum Gasteiger partial charge on any atom is 0.228 e. The van der Waals surface area contributed by atoms with E-state index in [2.05, 4.69) is 27.6 Å².